The zero-order chi connectivity index (χ0) is 41.0. The lowest BCUT2D eigenvalue weighted by atomic mass is 10.0. The van der Waals surface area contributed by atoms with Crippen molar-refractivity contribution in [2.24, 2.45) is 0 Å². The van der Waals surface area contributed by atoms with Crippen LogP contribution < -0.4 is 5.32 Å². The van der Waals surface area contributed by atoms with Crippen LogP contribution >= 0.6 is 0 Å². The third-order valence-corrected chi connectivity index (χ3v) is 11.6. The van der Waals surface area contributed by atoms with Crippen LogP contribution in [0.5, 0.6) is 0 Å². The second-order valence-corrected chi connectivity index (χ2v) is 17.2. The van der Waals surface area contributed by atoms with Crippen LogP contribution in [0, 0.1) is 0 Å². The number of carbonyl (C=O) groups is 2. The van der Waals surface area contributed by atoms with Crippen molar-refractivity contribution in [3.63, 3.8) is 0 Å². The summed E-state index contributed by atoms with van der Waals surface area (Å²) in [5.74, 6) is -0.467. The third kappa shape index (κ3) is 39.4. The molecule has 1 amide bonds. The van der Waals surface area contributed by atoms with Gasteiger partial charge in [0.2, 0.25) is 5.91 Å². The Kier molecular flexibility index (Phi) is 43.6. The number of aliphatic hydroxyl groups is 2. The van der Waals surface area contributed by atoms with E-state index in [2.05, 4.69) is 38.2 Å². The maximum atomic E-state index is 13.1. The molecule has 56 heavy (non-hydrogen) atoms. The zero-order valence-electron chi connectivity index (χ0n) is 37.8. The maximum Gasteiger partial charge on any atom is 0.306 e. The van der Waals surface area contributed by atoms with Gasteiger partial charge in [-0.2, -0.15) is 0 Å². The molecule has 332 valence electrons. The van der Waals surface area contributed by atoms with Crippen molar-refractivity contribution in [2.75, 3.05) is 6.61 Å². The first-order chi connectivity index (χ1) is 27.5. The molecule has 0 aromatic heterocycles. The van der Waals surface area contributed by atoms with Crippen molar-refractivity contribution >= 4 is 11.9 Å². The first-order valence-corrected chi connectivity index (χ1v) is 24.9. The van der Waals surface area contributed by atoms with Crippen LogP contribution in [0.25, 0.3) is 0 Å². The number of hydrogen-bond donors (Lipinski definition) is 3. The first-order valence-electron chi connectivity index (χ1n) is 24.9. The van der Waals surface area contributed by atoms with Crippen LogP contribution in [0.2, 0.25) is 0 Å². The van der Waals surface area contributed by atoms with Gasteiger partial charge in [-0.05, 0) is 51.4 Å². The monoisotopic (exact) mass is 792 g/mol. The van der Waals surface area contributed by atoms with Gasteiger partial charge in [0.1, 0.15) is 6.10 Å². The number of allylic oxidation sites excluding steroid dienone is 2. The highest BCUT2D eigenvalue weighted by Gasteiger charge is 2.24. The van der Waals surface area contributed by atoms with Crippen LogP contribution in [0.1, 0.15) is 271 Å². The van der Waals surface area contributed by atoms with Gasteiger partial charge >= 0.3 is 5.97 Å². The number of carbonyl (C=O) groups excluding carboxylic acids is 2. The Bertz CT molecular complexity index is 847. The summed E-state index contributed by atoms with van der Waals surface area (Å²) in [5, 5.41) is 23.7. The molecule has 0 radical (unpaired) electrons. The molecule has 0 saturated heterocycles. The highest BCUT2D eigenvalue weighted by atomic mass is 16.5. The van der Waals surface area contributed by atoms with Crippen molar-refractivity contribution in [1.29, 1.82) is 0 Å². The largest absolute Gasteiger partial charge is 0.462 e. The lowest BCUT2D eigenvalue weighted by Crippen LogP contribution is -2.46. The summed E-state index contributed by atoms with van der Waals surface area (Å²) in [6.07, 6.45) is 48.4. The Morgan fingerprint density at radius 2 is 0.857 bits per heavy atom. The molecule has 3 unspecified atom stereocenters. The van der Waals surface area contributed by atoms with Crippen molar-refractivity contribution in [2.45, 2.75) is 289 Å². The molecular weight excluding hydrogens is 695 g/mol. The van der Waals surface area contributed by atoms with Crippen LogP contribution in [0.3, 0.4) is 0 Å². The van der Waals surface area contributed by atoms with Crippen LogP contribution in [-0.4, -0.2) is 46.9 Å². The van der Waals surface area contributed by atoms with Gasteiger partial charge in [-0.25, -0.2) is 0 Å². The highest BCUT2D eigenvalue weighted by Crippen LogP contribution is 2.18. The molecule has 0 aliphatic heterocycles. The van der Waals surface area contributed by atoms with E-state index in [1.165, 1.54) is 180 Å². The van der Waals surface area contributed by atoms with E-state index in [1.807, 2.05) is 0 Å². The third-order valence-electron chi connectivity index (χ3n) is 11.6. The molecule has 0 aliphatic rings. The number of amides is 1. The topological polar surface area (TPSA) is 95.9 Å². The molecule has 0 spiro atoms. The summed E-state index contributed by atoms with van der Waals surface area (Å²) in [5.41, 5.74) is 0. The van der Waals surface area contributed by atoms with E-state index in [0.29, 0.717) is 19.3 Å². The Morgan fingerprint density at radius 3 is 1.27 bits per heavy atom. The number of unbranched alkanes of at least 4 members (excludes halogenated alkanes) is 31. The smallest absolute Gasteiger partial charge is 0.306 e. The predicted molar refractivity (Wildman–Crippen MR) is 241 cm³/mol. The molecular formula is C50H97NO5. The van der Waals surface area contributed by atoms with Crippen molar-refractivity contribution in [3.8, 4) is 0 Å². The van der Waals surface area contributed by atoms with Crippen molar-refractivity contribution in [1.82, 2.24) is 5.32 Å². The second-order valence-electron chi connectivity index (χ2n) is 17.2. The summed E-state index contributed by atoms with van der Waals surface area (Å²) >= 11 is 0. The molecule has 0 aliphatic carbocycles. The van der Waals surface area contributed by atoms with Crippen molar-refractivity contribution in [3.05, 3.63) is 12.2 Å². The zero-order valence-corrected chi connectivity index (χ0v) is 37.8. The summed E-state index contributed by atoms with van der Waals surface area (Å²) in [7, 11) is 0. The normalized spacial score (nSPS) is 13.3. The van der Waals surface area contributed by atoms with Crippen LogP contribution in [0.15, 0.2) is 12.2 Å². The molecule has 0 saturated carbocycles. The van der Waals surface area contributed by atoms with Crippen LogP contribution in [0.4, 0.5) is 0 Å². The number of rotatable bonds is 45. The summed E-state index contributed by atoms with van der Waals surface area (Å²) in [4.78, 5) is 26.0. The number of esters is 1. The fourth-order valence-electron chi connectivity index (χ4n) is 7.78. The minimum Gasteiger partial charge on any atom is -0.462 e. The van der Waals surface area contributed by atoms with E-state index in [-0.39, 0.29) is 24.9 Å². The molecule has 0 fully saturated rings. The quantitative estimate of drug-likeness (QED) is 0.0324. The first kappa shape index (κ1) is 54.6. The molecule has 6 nitrogen and oxygen atoms in total. The fraction of sp³-hybridized carbons (Fsp3) is 0.920. The molecule has 0 bridgehead atoms. The standard InChI is InChI=1S/C50H97NO5/c1-4-7-10-13-16-19-21-22-23-24-25-26-28-31-34-37-40-43-50(55)56-46(41-38-35-32-29-18-15-12-9-6-3)44-49(54)51-47(45-52)48(53)42-39-36-33-30-27-20-17-14-11-8-5-2/h22-23,46-48,52-53H,4-21,24-45H2,1-3H3,(H,51,54)/b23-22+. The Labute approximate surface area is 349 Å². The van der Waals surface area contributed by atoms with E-state index in [9.17, 15) is 19.8 Å². The van der Waals surface area contributed by atoms with Crippen LogP contribution in [-0.2, 0) is 14.3 Å². The summed E-state index contributed by atoms with van der Waals surface area (Å²) < 4.78 is 5.91. The lowest BCUT2D eigenvalue weighted by molar-refractivity contribution is -0.151. The van der Waals surface area contributed by atoms with E-state index >= 15 is 0 Å². The molecule has 3 atom stereocenters. The molecule has 0 aromatic rings. The van der Waals surface area contributed by atoms with E-state index in [1.54, 1.807) is 0 Å². The molecule has 6 heteroatoms. The summed E-state index contributed by atoms with van der Waals surface area (Å²) in [6.45, 7) is 6.47. The van der Waals surface area contributed by atoms with Gasteiger partial charge in [-0.15, -0.1) is 0 Å². The number of aliphatic hydroxyl groups excluding tert-OH is 2. The molecule has 0 heterocycles. The molecule has 0 rings (SSSR count). The average molecular weight is 792 g/mol. The minimum absolute atomic E-state index is 0.0820. The number of hydrogen-bond acceptors (Lipinski definition) is 5. The van der Waals surface area contributed by atoms with Gasteiger partial charge in [-0.1, -0.05) is 219 Å². The van der Waals surface area contributed by atoms with Gasteiger partial charge < -0.3 is 20.3 Å². The molecule has 3 N–H and O–H groups in total. The van der Waals surface area contributed by atoms with Gasteiger partial charge in [0.05, 0.1) is 25.2 Å². The average Bonchev–Trinajstić information content (AvgIpc) is 3.19. The second kappa shape index (κ2) is 44.7. The Morgan fingerprint density at radius 1 is 0.500 bits per heavy atom. The number of nitrogens with one attached hydrogen (secondary N) is 1. The van der Waals surface area contributed by atoms with Gasteiger partial charge in [0.15, 0.2) is 0 Å². The SMILES string of the molecule is CCCCCCCC/C=C/CCCCCCCCCC(=O)OC(CCCCCCCCCCC)CC(=O)NC(CO)C(O)CCCCCCCCCCCCC. The summed E-state index contributed by atoms with van der Waals surface area (Å²) in [6, 6.07) is -0.693. The van der Waals surface area contributed by atoms with Gasteiger partial charge in [0, 0.05) is 6.42 Å². The lowest BCUT2D eigenvalue weighted by Gasteiger charge is -2.24. The predicted octanol–water partition coefficient (Wildman–Crippen LogP) is 14.6. The maximum absolute atomic E-state index is 13.1. The molecule has 0 aromatic carbocycles. The van der Waals surface area contributed by atoms with Crippen molar-refractivity contribution < 1.29 is 24.5 Å². The van der Waals surface area contributed by atoms with Gasteiger partial charge in [-0.3, -0.25) is 9.59 Å². The number of ether oxygens (including phenoxy) is 1. The van der Waals surface area contributed by atoms with E-state index < -0.39 is 18.2 Å². The van der Waals surface area contributed by atoms with Gasteiger partial charge in [0.25, 0.3) is 0 Å². The Balaban J connectivity index is 4.44. The van der Waals surface area contributed by atoms with E-state index in [4.69, 9.17) is 4.74 Å². The highest BCUT2D eigenvalue weighted by molar-refractivity contribution is 5.77. The van der Waals surface area contributed by atoms with E-state index in [0.717, 1.165) is 44.9 Å². The Hall–Kier alpha value is -1.40. The fourth-order valence-corrected chi connectivity index (χ4v) is 7.78. The minimum atomic E-state index is -0.780.